The van der Waals surface area contributed by atoms with Gasteiger partial charge in [0.1, 0.15) is 0 Å². The van der Waals surface area contributed by atoms with Gasteiger partial charge < -0.3 is 15.5 Å². The molecular formula is C15H24N4. The molecule has 0 saturated carbocycles. The Hall–Kier alpha value is -1.55. The zero-order chi connectivity index (χ0) is 13.5. The van der Waals surface area contributed by atoms with Crippen molar-refractivity contribution in [2.45, 2.75) is 26.4 Å². The van der Waals surface area contributed by atoms with Gasteiger partial charge in [0.05, 0.1) is 0 Å². The predicted octanol–water partition coefficient (Wildman–Crippen LogP) is 1.58. The third-order valence-electron chi connectivity index (χ3n) is 3.34. The van der Waals surface area contributed by atoms with Crippen molar-refractivity contribution in [3.63, 3.8) is 0 Å². The molecule has 0 spiro atoms. The molecule has 0 amide bonds. The van der Waals surface area contributed by atoms with Crippen LogP contribution in [-0.2, 0) is 13.1 Å². The average Bonchev–Trinajstić information content (AvgIpc) is 2.46. The van der Waals surface area contributed by atoms with Crippen molar-refractivity contribution in [1.82, 2.24) is 15.5 Å². The van der Waals surface area contributed by atoms with E-state index in [2.05, 4.69) is 58.8 Å². The van der Waals surface area contributed by atoms with Crippen LogP contribution in [0.1, 0.15) is 24.5 Å². The van der Waals surface area contributed by atoms with Gasteiger partial charge in [0.2, 0.25) is 0 Å². The number of hydrogen-bond donors (Lipinski definition) is 2. The summed E-state index contributed by atoms with van der Waals surface area (Å²) in [6, 6.07) is 8.74. The van der Waals surface area contributed by atoms with Crippen molar-refractivity contribution < 1.29 is 0 Å². The highest BCUT2D eigenvalue weighted by atomic mass is 15.2. The van der Waals surface area contributed by atoms with E-state index in [1.807, 2.05) is 0 Å². The molecule has 2 N–H and O–H groups in total. The molecule has 4 nitrogen and oxygen atoms in total. The SMILES string of the molecule is CCN(C)Cc1cccc(CNC2=NCCCN2)c1. The molecule has 0 radical (unpaired) electrons. The lowest BCUT2D eigenvalue weighted by Crippen LogP contribution is -2.40. The Balaban J connectivity index is 1.89. The van der Waals surface area contributed by atoms with Gasteiger partial charge in [-0.2, -0.15) is 0 Å². The van der Waals surface area contributed by atoms with E-state index in [9.17, 15) is 0 Å². The van der Waals surface area contributed by atoms with Gasteiger partial charge in [0.25, 0.3) is 0 Å². The molecule has 0 saturated heterocycles. The first-order valence-electron chi connectivity index (χ1n) is 7.06. The number of aliphatic imine (C=N–C) groups is 1. The van der Waals surface area contributed by atoms with Crippen LogP contribution in [0, 0.1) is 0 Å². The van der Waals surface area contributed by atoms with Gasteiger partial charge in [0.15, 0.2) is 5.96 Å². The van der Waals surface area contributed by atoms with E-state index in [1.54, 1.807) is 0 Å². The zero-order valence-corrected chi connectivity index (χ0v) is 11.9. The monoisotopic (exact) mass is 260 g/mol. The lowest BCUT2D eigenvalue weighted by molar-refractivity contribution is 0.345. The van der Waals surface area contributed by atoms with Crippen LogP contribution in [0.15, 0.2) is 29.3 Å². The maximum Gasteiger partial charge on any atom is 0.191 e. The Kier molecular flexibility index (Phi) is 5.21. The molecule has 0 bridgehead atoms. The number of nitrogens with one attached hydrogen (secondary N) is 2. The van der Waals surface area contributed by atoms with Crippen LogP contribution in [0.25, 0.3) is 0 Å². The van der Waals surface area contributed by atoms with Gasteiger partial charge in [0, 0.05) is 26.2 Å². The Morgan fingerprint density at radius 3 is 2.95 bits per heavy atom. The first-order chi connectivity index (χ1) is 9.28. The normalized spacial score (nSPS) is 15.0. The third-order valence-corrected chi connectivity index (χ3v) is 3.34. The fourth-order valence-electron chi connectivity index (χ4n) is 2.10. The number of hydrogen-bond acceptors (Lipinski definition) is 4. The van der Waals surface area contributed by atoms with Crippen LogP contribution >= 0.6 is 0 Å². The van der Waals surface area contributed by atoms with E-state index in [0.29, 0.717) is 0 Å². The third kappa shape index (κ3) is 4.56. The molecule has 0 unspecified atom stereocenters. The maximum absolute atomic E-state index is 4.41. The average molecular weight is 260 g/mol. The Bertz CT molecular complexity index is 428. The summed E-state index contributed by atoms with van der Waals surface area (Å²) in [5, 5.41) is 6.63. The Labute approximate surface area is 115 Å². The van der Waals surface area contributed by atoms with Crippen molar-refractivity contribution in [2.24, 2.45) is 4.99 Å². The number of benzene rings is 1. The highest BCUT2D eigenvalue weighted by molar-refractivity contribution is 5.80. The van der Waals surface area contributed by atoms with Crippen LogP contribution in [0.5, 0.6) is 0 Å². The highest BCUT2D eigenvalue weighted by Gasteiger charge is 2.04. The molecule has 1 aliphatic heterocycles. The van der Waals surface area contributed by atoms with Crippen molar-refractivity contribution in [3.05, 3.63) is 35.4 Å². The van der Waals surface area contributed by atoms with Gasteiger partial charge >= 0.3 is 0 Å². The van der Waals surface area contributed by atoms with Crippen molar-refractivity contribution in [3.8, 4) is 0 Å². The number of nitrogens with zero attached hydrogens (tertiary/aromatic N) is 2. The van der Waals surface area contributed by atoms with Gasteiger partial charge in [-0.15, -0.1) is 0 Å². The van der Waals surface area contributed by atoms with Crippen molar-refractivity contribution >= 4 is 5.96 Å². The molecule has 1 aromatic carbocycles. The van der Waals surface area contributed by atoms with Gasteiger partial charge in [-0.1, -0.05) is 31.2 Å². The number of rotatable bonds is 5. The summed E-state index contributed by atoms with van der Waals surface area (Å²) >= 11 is 0. The Morgan fingerprint density at radius 1 is 1.37 bits per heavy atom. The molecule has 1 aromatic rings. The largest absolute Gasteiger partial charge is 0.356 e. The summed E-state index contributed by atoms with van der Waals surface area (Å²) in [4.78, 5) is 6.72. The second kappa shape index (κ2) is 7.14. The van der Waals surface area contributed by atoms with E-state index < -0.39 is 0 Å². The van der Waals surface area contributed by atoms with Gasteiger partial charge in [-0.3, -0.25) is 4.99 Å². The molecule has 19 heavy (non-hydrogen) atoms. The van der Waals surface area contributed by atoms with Gasteiger partial charge in [-0.05, 0) is 31.1 Å². The van der Waals surface area contributed by atoms with E-state index in [-0.39, 0.29) is 0 Å². The van der Waals surface area contributed by atoms with Crippen LogP contribution in [-0.4, -0.2) is 37.5 Å². The standard InChI is InChI=1S/C15H24N4/c1-3-19(2)12-14-7-4-6-13(10-14)11-18-15-16-8-5-9-17-15/h4,6-7,10H,3,5,8-9,11-12H2,1-2H3,(H2,16,17,18). The fourth-order valence-corrected chi connectivity index (χ4v) is 2.10. The minimum atomic E-state index is 0.829. The molecule has 2 rings (SSSR count). The van der Waals surface area contributed by atoms with Crippen molar-refractivity contribution in [1.29, 1.82) is 0 Å². The molecular weight excluding hydrogens is 236 g/mol. The second-order valence-corrected chi connectivity index (χ2v) is 5.01. The molecule has 0 aliphatic carbocycles. The van der Waals surface area contributed by atoms with Crippen LogP contribution < -0.4 is 10.6 Å². The van der Waals surface area contributed by atoms with Crippen LogP contribution in [0.2, 0.25) is 0 Å². The molecule has 4 heteroatoms. The lowest BCUT2D eigenvalue weighted by Gasteiger charge is -2.17. The van der Waals surface area contributed by atoms with E-state index in [1.165, 1.54) is 11.1 Å². The zero-order valence-electron chi connectivity index (χ0n) is 11.9. The molecule has 1 heterocycles. The summed E-state index contributed by atoms with van der Waals surface area (Å²) in [5.41, 5.74) is 2.67. The molecule has 0 fully saturated rings. The summed E-state index contributed by atoms with van der Waals surface area (Å²) in [7, 11) is 2.14. The number of guanidine groups is 1. The quantitative estimate of drug-likeness (QED) is 0.844. The second-order valence-electron chi connectivity index (χ2n) is 5.01. The molecule has 0 atom stereocenters. The first kappa shape index (κ1) is 13.9. The Morgan fingerprint density at radius 2 is 2.21 bits per heavy atom. The van der Waals surface area contributed by atoms with Crippen LogP contribution in [0.4, 0.5) is 0 Å². The predicted molar refractivity (Wildman–Crippen MR) is 80.2 cm³/mol. The summed E-state index contributed by atoms with van der Waals surface area (Å²) in [6.45, 7) is 7.03. The molecule has 1 aliphatic rings. The molecule has 104 valence electrons. The molecule has 0 aromatic heterocycles. The van der Waals surface area contributed by atoms with Gasteiger partial charge in [-0.25, -0.2) is 0 Å². The van der Waals surface area contributed by atoms with Crippen molar-refractivity contribution in [2.75, 3.05) is 26.7 Å². The minimum Gasteiger partial charge on any atom is -0.356 e. The summed E-state index contributed by atoms with van der Waals surface area (Å²) in [6.07, 6.45) is 1.13. The lowest BCUT2D eigenvalue weighted by atomic mass is 10.1. The van der Waals surface area contributed by atoms with Crippen LogP contribution in [0.3, 0.4) is 0 Å². The first-order valence-corrected chi connectivity index (χ1v) is 7.06. The maximum atomic E-state index is 4.41. The topological polar surface area (TPSA) is 39.7 Å². The van der Waals surface area contributed by atoms with E-state index >= 15 is 0 Å². The highest BCUT2D eigenvalue weighted by Crippen LogP contribution is 2.07. The van der Waals surface area contributed by atoms with E-state index in [0.717, 1.165) is 45.1 Å². The smallest absolute Gasteiger partial charge is 0.191 e. The minimum absolute atomic E-state index is 0.829. The fraction of sp³-hybridized carbons (Fsp3) is 0.533. The summed E-state index contributed by atoms with van der Waals surface area (Å²) < 4.78 is 0. The summed E-state index contributed by atoms with van der Waals surface area (Å²) in [5.74, 6) is 0.933. The van der Waals surface area contributed by atoms with E-state index in [4.69, 9.17) is 0 Å².